The van der Waals surface area contributed by atoms with Gasteiger partial charge in [0.1, 0.15) is 0 Å². The van der Waals surface area contributed by atoms with Crippen molar-refractivity contribution in [1.82, 2.24) is 10.6 Å². The molecule has 0 spiro atoms. The molecule has 26 heavy (non-hydrogen) atoms. The van der Waals surface area contributed by atoms with Crippen LogP contribution in [0.2, 0.25) is 0 Å². The average Bonchev–Trinajstić information content (AvgIpc) is 3.17. The second kappa shape index (κ2) is 10.4. The van der Waals surface area contributed by atoms with Crippen molar-refractivity contribution in [2.75, 3.05) is 32.9 Å². The first kappa shape index (κ1) is 20.5. The average molecular weight is 394 g/mol. The Hall–Kier alpha value is -1.79. The van der Waals surface area contributed by atoms with Crippen LogP contribution in [-0.4, -0.2) is 38.9 Å². The minimum Gasteiger partial charge on any atom is -0.463 e. The number of dihydropyridines is 1. The molecule has 1 unspecified atom stereocenters. The lowest BCUT2D eigenvalue weighted by molar-refractivity contribution is -0.138. The summed E-state index contributed by atoms with van der Waals surface area (Å²) in [4.78, 5) is 13.1. The molecule has 1 fully saturated rings. The summed E-state index contributed by atoms with van der Waals surface area (Å²) < 4.78 is 10.1. The Morgan fingerprint density at radius 1 is 1.50 bits per heavy atom. The van der Waals surface area contributed by atoms with Gasteiger partial charge < -0.3 is 20.1 Å². The van der Waals surface area contributed by atoms with Crippen molar-refractivity contribution in [3.05, 3.63) is 44.3 Å². The Bertz CT molecular complexity index is 705. The Balaban J connectivity index is 0.000000342. The molecule has 1 saturated heterocycles. The summed E-state index contributed by atoms with van der Waals surface area (Å²) in [6.07, 6.45) is 0. The quantitative estimate of drug-likeness (QED) is 0.541. The van der Waals surface area contributed by atoms with Crippen LogP contribution >= 0.6 is 24.0 Å². The number of carbonyl (C=O) groups is 1. The van der Waals surface area contributed by atoms with E-state index in [1.807, 2.05) is 17.5 Å². The number of nitrogens with one attached hydrogen (secondary N) is 2. The molecule has 3 heterocycles. The summed E-state index contributed by atoms with van der Waals surface area (Å²) in [5, 5.41) is 17.9. The second-order valence-corrected chi connectivity index (χ2v) is 7.00. The minimum atomic E-state index is -0.409. The zero-order valence-corrected chi connectivity index (χ0v) is 16.6. The van der Waals surface area contributed by atoms with Crippen LogP contribution in [0.4, 0.5) is 0 Å². The maximum Gasteiger partial charge on any atom is 0.336 e. The smallest absolute Gasteiger partial charge is 0.336 e. The van der Waals surface area contributed by atoms with Crippen molar-refractivity contribution in [3.8, 4) is 6.07 Å². The van der Waals surface area contributed by atoms with Crippen LogP contribution in [0.5, 0.6) is 0 Å². The topological polar surface area (TPSA) is 83.4 Å². The van der Waals surface area contributed by atoms with Crippen molar-refractivity contribution >= 4 is 29.9 Å². The van der Waals surface area contributed by atoms with Gasteiger partial charge in [0.15, 0.2) is 0 Å². The van der Waals surface area contributed by atoms with E-state index in [1.165, 1.54) is 11.3 Å². The molecule has 6 nitrogen and oxygen atoms in total. The largest absolute Gasteiger partial charge is 0.463 e. The van der Waals surface area contributed by atoms with Crippen LogP contribution < -0.4 is 10.6 Å². The van der Waals surface area contributed by atoms with E-state index in [9.17, 15) is 10.1 Å². The first-order valence-corrected chi connectivity index (χ1v) is 9.72. The van der Waals surface area contributed by atoms with Gasteiger partial charge in [0.05, 0.1) is 48.0 Å². The number of thiol groups is 1. The van der Waals surface area contributed by atoms with Crippen molar-refractivity contribution in [2.24, 2.45) is 0 Å². The third-order valence-electron chi connectivity index (χ3n) is 3.83. The van der Waals surface area contributed by atoms with Crippen LogP contribution in [0, 0.1) is 11.3 Å². The second-order valence-electron chi connectivity index (χ2n) is 5.57. The Morgan fingerprint density at radius 3 is 2.69 bits per heavy atom. The molecule has 0 aliphatic carbocycles. The summed E-state index contributed by atoms with van der Waals surface area (Å²) in [5.41, 5.74) is 1.58. The van der Waals surface area contributed by atoms with E-state index in [0.29, 0.717) is 28.5 Å². The molecule has 8 heteroatoms. The summed E-state index contributed by atoms with van der Waals surface area (Å²) in [5.74, 6) is -0.808. The van der Waals surface area contributed by atoms with Gasteiger partial charge in [0.25, 0.3) is 0 Å². The van der Waals surface area contributed by atoms with E-state index < -0.39 is 11.9 Å². The Labute approximate surface area is 163 Å². The lowest BCUT2D eigenvalue weighted by atomic mass is 9.87. The van der Waals surface area contributed by atoms with E-state index in [0.717, 1.165) is 31.2 Å². The predicted molar refractivity (Wildman–Crippen MR) is 105 cm³/mol. The zero-order chi connectivity index (χ0) is 18.9. The number of esters is 1. The van der Waals surface area contributed by atoms with Crippen LogP contribution in [-0.2, 0) is 14.3 Å². The standard InChI is InChI=1S/C14H14N2O2S2.C4H9NO/c1-3-18-14(17)11-8(2)16-13(19)9(7-15)12(11)10-5-4-6-20-10;1-3-6-4-2-5-1/h4-6,12,16,19H,3H2,1-2H3;5H,1-4H2. The number of ether oxygens (including phenoxy) is 2. The number of nitrogens with zero attached hydrogens (tertiary/aromatic N) is 1. The number of carbonyl (C=O) groups excluding carboxylic acids is 1. The molecule has 0 radical (unpaired) electrons. The summed E-state index contributed by atoms with van der Waals surface area (Å²) >= 11 is 5.81. The number of allylic oxidation sites excluding steroid dienone is 2. The molecular formula is C18H23N3O3S2. The van der Waals surface area contributed by atoms with Crippen LogP contribution in [0.3, 0.4) is 0 Å². The number of nitriles is 1. The summed E-state index contributed by atoms with van der Waals surface area (Å²) in [6, 6.07) is 5.95. The molecule has 140 valence electrons. The van der Waals surface area contributed by atoms with Gasteiger partial charge in [0, 0.05) is 23.7 Å². The normalized spacial score (nSPS) is 19.8. The highest BCUT2D eigenvalue weighted by molar-refractivity contribution is 7.84. The van der Waals surface area contributed by atoms with E-state index in [2.05, 4.69) is 29.3 Å². The van der Waals surface area contributed by atoms with E-state index >= 15 is 0 Å². The first-order chi connectivity index (χ1) is 12.6. The number of hydrogen-bond donors (Lipinski definition) is 3. The fourth-order valence-corrected chi connectivity index (χ4v) is 3.85. The van der Waals surface area contributed by atoms with Gasteiger partial charge >= 0.3 is 5.97 Å². The van der Waals surface area contributed by atoms with Gasteiger partial charge in [-0.1, -0.05) is 6.07 Å². The number of morpholine rings is 1. The fourth-order valence-electron chi connectivity index (χ4n) is 2.66. The van der Waals surface area contributed by atoms with Gasteiger partial charge in [0.2, 0.25) is 0 Å². The highest BCUT2D eigenvalue weighted by Gasteiger charge is 2.35. The predicted octanol–water partition coefficient (Wildman–Crippen LogP) is 2.54. The SMILES string of the molecule is C1COCCN1.CCOC(=O)C1=C(C)NC(S)=C(C#N)C1c1cccs1. The fraction of sp³-hybridized carbons (Fsp3) is 0.444. The van der Waals surface area contributed by atoms with Crippen molar-refractivity contribution in [1.29, 1.82) is 5.26 Å². The van der Waals surface area contributed by atoms with Crippen molar-refractivity contribution < 1.29 is 14.3 Å². The van der Waals surface area contributed by atoms with Crippen LogP contribution in [0.15, 0.2) is 39.4 Å². The summed E-state index contributed by atoms with van der Waals surface area (Å²) in [7, 11) is 0. The molecule has 0 bridgehead atoms. The Morgan fingerprint density at radius 2 is 2.23 bits per heavy atom. The third kappa shape index (κ3) is 5.11. The zero-order valence-electron chi connectivity index (χ0n) is 14.9. The highest BCUT2D eigenvalue weighted by Crippen LogP contribution is 2.40. The third-order valence-corrected chi connectivity index (χ3v) is 5.12. The highest BCUT2D eigenvalue weighted by atomic mass is 32.1. The monoisotopic (exact) mass is 393 g/mol. The van der Waals surface area contributed by atoms with E-state index in [-0.39, 0.29) is 0 Å². The molecule has 2 aliphatic heterocycles. The molecule has 1 aromatic heterocycles. The molecule has 0 saturated carbocycles. The molecule has 0 aromatic carbocycles. The van der Waals surface area contributed by atoms with Crippen LogP contribution in [0.25, 0.3) is 0 Å². The van der Waals surface area contributed by atoms with Gasteiger partial charge in [-0.3, -0.25) is 0 Å². The van der Waals surface area contributed by atoms with E-state index in [1.54, 1.807) is 13.8 Å². The van der Waals surface area contributed by atoms with Gasteiger partial charge in [-0.15, -0.1) is 24.0 Å². The lowest BCUT2D eigenvalue weighted by Crippen LogP contribution is -2.30. The molecule has 1 atom stereocenters. The number of rotatable bonds is 3. The molecule has 2 aliphatic rings. The van der Waals surface area contributed by atoms with E-state index in [4.69, 9.17) is 9.47 Å². The van der Waals surface area contributed by atoms with Crippen LogP contribution in [0.1, 0.15) is 24.6 Å². The molecular weight excluding hydrogens is 370 g/mol. The molecule has 3 rings (SSSR count). The van der Waals surface area contributed by atoms with Gasteiger partial charge in [-0.25, -0.2) is 4.79 Å². The molecule has 0 amide bonds. The maximum absolute atomic E-state index is 12.2. The maximum atomic E-state index is 12.2. The van der Waals surface area contributed by atoms with Crippen molar-refractivity contribution in [2.45, 2.75) is 19.8 Å². The number of hydrogen-bond acceptors (Lipinski definition) is 8. The van der Waals surface area contributed by atoms with Crippen molar-refractivity contribution in [3.63, 3.8) is 0 Å². The minimum absolute atomic E-state index is 0.298. The summed E-state index contributed by atoms with van der Waals surface area (Å²) in [6.45, 7) is 7.68. The first-order valence-electron chi connectivity index (χ1n) is 8.40. The molecule has 1 aromatic rings. The molecule has 2 N–H and O–H groups in total. The lowest BCUT2D eigenvalue weighted by Gasteiger charge is -2.26. The number of thiophene rings is 1. The Kier molecular flexibility index (Phi) is 8.19. The van der Waals surface area contributed by atoms with Gasteiger partial charge in [-0.05, 0) is 25.3 Å². The van der Waals surface area contributed by atoms with Gasteiger partial charge in [-0.2, -0.15) is 5.26 Å².